The minimum Gasteiger partial charge on any atom is -0.466 e. The van der Waals surface area contributed by atoms with Crippen LogP contribution in [0.2, 0.25) is 0 Å². The molecule has 0 radical (unpaired) electrons. The molecular formula is C11H21NO2. The maximum Gasteiger partial charge on any atom is 0.333 e. The summed E-state index contributed by atoms with van der Waals surface area (Å²) in [6.45, 7) is 8.97. The highest BCUT2D eigenvalue weighted by molar-refractivity contribution is 5.87. The van der Waals surface area contributed by atoms with Gasteiger partial charge in [0.05, 0.1) is 7.11 Å². The van der Waals surface area contributed by atoms with Crippen LogP contribution in [0, 0.1) is 0 Å². The molecule has 0 aliphatic rings. The molecule has 0 aromatic carbocycles. The lowest BCUT2D eigenvalue weighted by Crippen LogP contribution is -2.24. The number of carbonyl (C=O) groups excluding carboxylic acids is 1. The zero-order chi connectivity index (χ0) is 11.0. The first kappa shape index (κ1) is 13.2. The van der Waals surface area contributed by atoms with Gasteiger partial charge in [-0.25, -0.2) is 4.79 Å². The molecule has 0 aliphatic carbocycles. The van der Waals surface area contributed by atoms with E-state index < -0.39 is 0 Å². The van der Waals surface area contributed by atoms with Gasteiger partial charge in [0.15, 0.2) is 0 Å². The lowest BCUT2D eigenvalue weighted by atomic mass is 10.2. The van der Waals surface area contributed by atoms with Crippen LogP contribution < -0.4 is 0 Å². The van der Waals surface area contributed by atoms with E-state index in [2.05, 4.69) is 23.5 Å². The number of carbonyl (C=O) groups is 1. The summed E-state index contributed by atoms with van der Waals surface area (Å²) in [7, 11) is 1.41. The molecule has 0 bridgehead atoms. The van der Waals surface area contributed by atoms with Gasteiger partial charge < -0.3 is 4.74 Å². The molecule has 0 amide bonds. The SMILES string of the molecule is CCCN(CC)CC=C(C)C(=O)OC. The minimum absolute atomic E-state index is 0.238. The van der Waals surface area contributed by atoms with Crippen molar-refractivity contribution in [3.63, 3.8) is 0 Å². The minimum atomic E-state index is -0.238. The first-order valence-electron chi connectivity index (χ1n) is 5.13. The summed E-state index contributed by atoms with van der Waals surface area (Å²) in [4.78, 5) is 13.3. The molecule has 3 heteroatoms. The zero-order valence-corrected chi connectivity index (χ0v) is 9.67. The van der Waals surface area contributed by atoms with Gasteiger partial charge in [0.1, 0.15) is 0 Å². The van der Waals surface area contributed by atoms with Crippen LogP contribution in [-0.4, -0.2) is 37.6 Å². The highest BCUT2D eigenvalue weighted by Gasteiger charge is 2.03. The summed E-state index contributed by atoms with van der Waals surface area (Å²) in [5, 5.41) is 0. The number of methoxy groups -OCH3 is 1. The largest absolute Gasteiger partial charge is 0.466 e. The maximum atomic E-state index is 11.1. The zero-order valence-electron chi connectivity index (χ0n) is 9.67. The molecule has 0 aliphatic heterocycles. The summed E-state index contributed by atoms with van der Waals surface area (Å²) in [5.74, 6) is -0.238. The number of hydrogen-bond acceptors (Lipinski definition) is 3. The Balaban J connectivity index is 4.04. The molecule has 0 fully saturated rings. The first-order valence-corrected chi connectivity index (χ1v) is 5.13. The smallest absolute Gasteiger partial charge is 0.333 e. The fourth-order valence-electron chi connectivity index (χ4n) is 1.21. The number of esters is 1. The predicted octanol–water partition coefficient (Wildman–Crippen LogP) is 1.84. The molecule has 0 rings (SSSR count). The lowest BCUT2D eigenvalue weighted by molar-refractivity contribution is -0.136. The number of rotatable bonds is 6. The van der Waals surface area contributed by atoms with Gasteiger partial charge in [0.2, 0.25) is 0 Å². The average molecular weight is 199 g/mol. The van der Waals surface area contributed by atoms with Gasteiger partial charge in [-0.1, -0.05) is 19.9 Å². The molecule has 0 N–H and O–H groups in total. The average Bonchev–Trinajstić information content (AvgIpc) is 2.22. The Labute approximate surface area is 86.7 Å². The molecule has 0 spiro atoms. The number of likely N-dealkylation sites (N-methyl/N-ethyl adjacent to an activating group) is 1. The van der Waals surface area contributed by atoms with Crippen LogP contribution in [0.15, 0.2) is 11.6 Å². The molecule has 0 saturated heterocycles. The van der Waals surface area contributed by atoms with E-state index in [-0.39, 0.29) is 5.97 Å². The van der Waals surface area contributed by atoms with Crippen LogP contribution in [0.5, 0.6) is 0 Å². The third-order valence-corrected chi connectivity index (χ3v) is 2.15. The van der Waals surface area contributed by atoms with Gasteiger partial charge in [-0.2, -0.15) is 0 Å². The molecule has 0 heterocycles. The van der Waals surface area contributed by atoms with Gasteiger partial charge in [0, 0.05) is 12.1 Å². The van der Waals surface area contributed by atoms with E-state index >= 15 is 0 Å². The molecule has 0 unspecified atom stereocenters. The normalized spacial score (nSPS) is 11.9. The van der Waals surface area contributed by atoms with Crippen molar-refractivity contribution in [2.75, 3.05) is 26.7 Å². The van der Waals surface area contributed by atoms with Crippen molar-refractivity contribution >= 4 is 5.97 Å². The Morgan fingerprint density at radius 1 is 1.43 bits per heavy atom. The molecule has 0 saturated carbocycles. The molecule has 82 valence electrons. The van der Waals surface area contributed by atoms with E-state index in [0.717, 1.165) is 26.1 Å². The second kappa shape index (κ2) is 7.56. The van der Waals surface area contributed by atoms with Gasteiger partial charge >= 0.3 is 5.97 Å². The van der Waals surface area contributed by atoms with Crippen molar-refractivity contribution < 1.29 is 9.53 Å². The van der Waals surface area contributed by atoms with Crippen LogP contribution in [0.25, 0.3) is 0 Å². The van der Waals surface area contributed by atoms with Crippen LogP contribution in [0.3, 0.4) is 0 Å². The van der Waals surface area contributed by atoms with Gasteiger partial charge in [-0.3, -0.25) is 4.90 Å². The molecule has 14 heavy (non-hydrogen) atoms. The summed E-state index contributed by atoms with van der Waals surface area (Å²) >= 11 is 0. The Bertz CT molecular complexity index is 199. The summed E-state index contributed by atoms with van der Waals surface area (Å²) in [6, 6.07) is 0. The second-order valence-electron chi connectivity index (χ2n) is 3.27. The van der Waals surface area contributed by atoms with Crippen LogP contribution in [-0.2, 0) is 9.53 Å². The first-order chi connectivity index (χ1) is 6.65. The summed E-state index contributed by atoms with van der Waals surface area (Å²) in [5.41, 5.74) is 0.682. The van der Waals surface area contributed by atoms with Crippen LogP contribution >= 0.6 is 0 Å². The van der Waals surface area contributed by atoms with E-state index in [9.17, 15) is 4.79 Å². The second-order valence-corrected chi connectivity index (χ2v) is 3.27. The van der Waals surface area contributed by atoms with E-state index in [4.69, 9.17) is 0 Å². The third-order valence-electron chi connectivity index (χ3n) is 2.15. The summed E-state index contributed by atoms with van der Waals surface area (Å²) < 4.78 is 4.61. The van der Waals surface area contributed by atoms with Crippen molar-refractivity contribution in [1.29, 1.82) is 0 Å². The number of hydrogen-bond donors (Lipinski definition) is 0. The number of ether oxygens (including phenoxy) is 1. The standard InChI is InChI=1S/C11H21NO2/c1-5-8-12(6-2)9-7-10(3)11(13)14-4/h7H,5-6,8-9H2,1-4H3. The van der Waals surface area contributed by atoms with Crippen molar-refractivity contribution in [2.45, 2.75) is 27.2 Å². The Morgan fingerprint density at radius 2 is 2.07 bits per heavy atom. The van der Waals surface area contributed by atoms with E-state index in [0.29, 0.717) is 5.57 Å². The molecule has 0 aromatic heterocycles. The van der Waals surface area contributed by atoms with Crippen molar-refractivity contribution in [2.24, 2.45) is 0 Å². The van der Waals surface area contributed by atoms with Gasteiger partial charge in [-0.15, -0.1) is 0 Å². The molecule has 3 nitrogen and oxygen atoms in total. The molecule has 0 atom stereocenters. The molecule has 0 aromatic rings. The van der Waals surface area contributed by atoms with Crippen LogP contribution in [0.4, 0.5) is 0 Å². The van der Waals surface area contributed by atoms with Crippen molar-refractivity contribution in [3.8, 4) is 0 Å². The number of nitrogens with zero attached hydrogens (tertiary/aromatic N) is 1. The highest BCUT2D eigenvalue weighted by atomic mass is 16.5. The quantitative estimate of drug-likeness (QED) is 0.483. The van der Waals surface area contributed by atoms with Gasteiger partial charge in [-0.05, 0) is 26.4 Å². The monoisotopic (exact) mass is 199 g/mol. The third kappa shape index (κ3) is 5.02. The topological polar surface area (TPSA) is 29.5 Å². The fourth-order valence-corrected chi connectivity index (χ4v) is 1.21. The Kier molecular flexibility index (Phi) is 7.11. The van der Waals surface area contributed by atoms with Gasteiger partial charge in [0.25, 0.3) is 0 Å². The van der Waals surface area contributed by atoms with Crippen molar-refractivity contribution in [3.05, 3.63) is 11.6 Å². The van der Waals surface area contributed by atoms with E-state index in [1.807, 2.05) is 6.08 Å². The fraction of sp³-hybridized carbons (Fsp3) is 0.727. The Hall–Kier alpha value is -0.830. The van der Waals surface area contributed by atoms with Crippen LogP contribution in [0.1, 0.15) is 27.2 Å². The Morgan fingerprint density at radius 3 is 2.50 bits per heavy atom. The van der Waals surface area contributed by atoms with E-state index in [1.165, 1.54) is 7.11 Å². The predicted molar refractivity (Wildman–Crippen MR) is 58.2 cm³/mol. The maximum absolute atomic E-state index is 11.1. The van der Waals surface area contributed by atoms with E-state index in [1.54, 1.807) is 6.92 Å². The lowest BCUT2D eigenvalue weighted by Gasteiger charge is -2.17. The molecular weight excluding hydrogens is 178 g/mol. The highest BCUT2D eigenvalue weighted by Crippen LogP contribution is 1.98. The van der Waals surface area contributed by atoms with Crippen molar-refractivity contribution in [1.82, 2.24) is 4.90 Å². The summed E-state index contributed by atoms with van der Waals surface area (Å²) in [6.07, 6.45) is 3.06.